The quantitative estimate of drug-likeness (QED) is 0.909. The minimum Gasteiger partial charge on any atom is -0.323 e. The van der Waals surface area contributed by atoms with Crippen LogP contribution in [0.15, 0.2) is 53.4 Å². The van der Waals surface area contributed by atoms with Gasteiger partial charge in [-0.1, -0.05) is 42.0 Å². The summed E-state index contributed by atoms with van der Waals surface area (Å²) in [6.07, 6.45) is 0.627. The summed E-state index contributed by atoms with van der Waals surface area (Å²) in [5.41, 5.74) is 9.33. The molecule has 0 radical (unpaired) electrons. The van der Waals surface area contributed by atoms with Crippen LogP contribution in [0.1, 0.15) is 22.7 Å². The topological polar surface area (TPSA) is 72.2 Å². The number of sulfonamides is 1. The van der Waals surface area contributed by atoms with E-state index in [1.54, 1.807) is 24.3 Å². The minimum absolute atomic E-state index is 0.274. The van der Waals surface area contributed by atoms with Gasteiger partial charge in [0.05, 0.1) is 4.90 Å². The number of hydrogen-bond donors (Lipinski definition) is 2. The van der Waals surface area contributed by atoms with E-state index < -0.39 is 10.0 Å². The average molecular weight is 302 g/mol. The molecule has 3 N–H and O–H groups in total. The van der Waals surface area contributed by atoms with Crippen LogP contribution in [0.4, 0.5) is 0 Å². The first-order chi connectivity index (χ1) is 9.97. The molecule has 0 unspecified atom stereocenters. The second-order valence-corrected chi connectivity index (χ2v) is 7.18. The van der Waals surface area contributed by atoms with Crippen LogP contribution >= 0.6 is 0 Å². The van der Waals surface area contributed by atoms with Gasteiger partial charge in [0.1, 0.15) is 0 Å². The number of benzene rings is 2. The van der Waals surface area contributed by atoms with Gasteiger partial charge in [0.2, 0.25) is 10.0 Å². The first kappa shape index (κ1) is 14.3. The highest BCUT2D eigenvalue weighted by atomic mass is 32.2. The smallest absolute Gasteiger partial charge is 0.240 e. The van der Waals surface area contributed by atoms with E-state index in [1.165, 1.54) is 0 Å². The Balaban J connectivity index is 1.83. The molecule has 2 aromatic rings. The van der Waals surface area contributed by atoms with Crippen molar-refractivity contribution in [3.05, 3.63) is 65.2 Å². The third-order valence-electron chi connectivity index (χ3n) is 3.93. The van der Waals surface area contributed by atoms with Gasteiger partial charge in [-0.15, -0.1) is 0 Å². The Labute approximate surface area is 125 Å². The van der Waals surface area contributed by atoms with E-state index >= 15 is 0 Å². The third kappa shape index (κ3) is 2.72. The molecular formula is C16H18N2O2S. The lowest BCUT2D eigenvalue weighted by Gasteiger charge is -2.18. The van der Waals surface area contributed by atoms with Crippen molar-refractivity contribution in [2.75, 3.05) is 0 Å². The molecule has 5 heteroatoms. The summed E-state index contributed by atoms with van der Waals surface area (Å²) in [5, 5.41) is 0. The molecule has 21 heavy (non-hydrogen) atoms. The summed E-state index contributed by atoms with van der Waals surface area (Å²) < 4.78 is 27.6. The molecule has 0 fully saturated rings. The van der Waals surface area contributed by atoms with Crippen molar-refractivity contribution in [2.24, 2.45) is 5.73 Å². The maximum absolute atomic E-state index is 12.4. The monoisotopic (exact) mass is 302 g/mol. The van der Waals surface area contributed by atoms with Gasteiger partial charge in [-0.2, -0.15) is 0 Å². The molecule has 2 aromatic carbocycles. The van der Waals surface area contributed by atoms with E-state index in [4.69, 9.17) is 5.73 Å². The molecule has 0 heterocycles. The number of aryl methyl sites for hydroxylation is 1. The predicted octanol–water partition coefficient (Wildman–Crippen LogP) is 1.90. The fraction of sp³-hybridized carbons (Fsp3) is 0.250. The highest BCUT2D eigenvalue weighted by Crippen LogP contribution is 2.30. The highest BCUT2D eigenvalue weighted by Gasteiger charge is 2.32. The fourth-order valence-electron chi connectivity index (χ4n) is 2.73. The van der Waals surface area contributed by atoms with Crippen molar-refractivity contribution in [2.45, 2.75) is 30.3 Å². The second-order valence-electron chi connectivity index (χ2n) is 5.47. The van der Waals surface area contributed by atoms with Crippen molar-refractivity contribution in [3.8, 4) is 0 Å². The maximum atomic E-state index is 12.4. The highest BCUT2D eigenvalue weighted by molar-refractivity contribution is 7.89. The van der Waals surface area contributed by atoms with Crippen molar-refractivity contribution in [1.29, 1.82) is 0 Å². The van der Waals surface area contributed by atoms with E-state index in [-0.39, 0.29) is 17.0 Å². The van der Waals surface area contributed by atoms with Crippen LogP contribution in [0, 0.1) is 6.92 Å². The van der Waals surface area contributed by atoms with Gasteiger partial charge in [-0.25, -0.2) is 13.1 Å². The average Bonchev–Trinajstić information content (AvgIpc) is 2.76. The summed E-state index contributed by atoms with van der Waals surface area (Å²) >= 11 is 0. The van der Waals surface area contributed by atoms with Gasteiger partial charge in [0.25, 0.3) is 0 Å². The Morgan fingerprint density at radius 2 is 1.76 bits per heavy atom. The summed E-state index contributed by atoms with van der Waals surface area (Å²) in [6, 6.07) is 14.0. The largest absolute Gasteiger partial charge is 0.323 e. The van der Waals surface area contributed by atoms with E-state index in [0.717, 1.165) is 16.7 Å². The molecule has 0 amide bonds. The van der Waals surface area contributed by atoms with Crippen LogP contribution in [0.3, 0.4) is 0 Å². The molecule has 1 aliphatic rings. The SMILES string of the molecule is Cc1ccc(S(=O)(=O)N[C@@H]2Cc3ccccc3[C@@H]2N)cc1. The third-order valence-corrected chi connectivity index (χ3v) is 5.43. The van der Waals surface area contributed by atoms with E-state index in [9.17, 15) is 8.42 Å². The molecule has 0 aliphatic heterocycles. The van der Waals surface area contributed by atoms with Crippen molar-refractivity contribution in [3.63, 3.8) is 0 Å². The van der Waals surface area contributed by atoms with Crippen LogP contribution < -0.4 is 10.5 Å². The van der Waals surface area contributed by atoms with E-state index in [1.807, 2.05) is 31.2 Å². The summed E-state index contributed by atoms with van der Waals surface area (Å²) in [7, 11) is -3.54. The normalized spacial score (nSPS) is 21.2. The fourth-order valence-corrected chi connectivity index (χ4v) is 3.98. The maximum Gasteiger partial charge on any atom is 0.240 e. The Bertz CT molecular complexity index is 754. The first-order valence-electron chi connectivity index (χ1n) is 6.90. The zero-order valence-corrected chi connectivity index (χ0v) is 12.6. The van der Waals surface area contributed by atoms with Gasteiger partial charge in [-0.3, -0.25) is 0 Å². The summed E-state index contributed by atoms with van der Waals surface area (Å²) in [5.74, 6) is 0. The number of fused-ring (bicyclic) bond motifs is 1. The van der Waals surface area contributed by atoms with Crippen molar-refractivity contribution < 1.29 is 8.42 Å². The molecule has 0 saturated carbocycles. The van der Waals surface area contributed by atoms with Gasteiger partial charge >= 0.3 is 0 Å². The van der Waals surface area contributed by atoms with Crippen LogP contribution in [-0.2, 0) is 16.4 Å². The van der Waals surface area contributed by atoms with Crippen molar-refractivity contribution in [1.82, 2.24) is 4.72 Å². The minimum atomic E-state index is -3.54. The summed E-state index contributed by atoms with van der Waals surface area (Å²) in [4.78, 5) is 0.274. The van der Waals surface area contributed by atoms with E-state index in [0.29, 0.717) is 6.42 Å². The molecule has 2 atom stereocenters. The Morgan fingerprint density at radius 3 is 2.43 bits per heavy atom. The Morgan fingerprint density at radius 1 is 1.10 bits per heavy atom. The zero-order valence-electron chi connectivity index (χ0n) is 11.8. The van der Waals surface area contributed by atoms with Crippen LogP contribution in [0.25, 0.3) is 0 Å². The molecule has 0 aromatic heterocycles. The van der Waals surface area contributed by atoms with Gasteiger partial charge < -0.3 is 5.73 Å². The molecule has 0 saturated heterocycles. The number of nitrogens with one attached hydrogen (secondary N) is 1. The standard InChI is InChI=1S/C16H18N2O2S/c1-11-6-8-13(9-7-11)21(19,20)18-15-10-12-4-2-3-5-14(12)16(15)17/h2-9,15-16,18H,10,17H2,1H3/t15-,16+/m1/s1. The number of nitrogens with two attached hydrogens (primary N) is 1. The predicted molar refractivity (Wildman–Crippen MR) is 82.4 cm³/mol. The molecule has 0 bridgehead atoms. The lowest BCUT2D eigenvalue weighted by Crippen LogP contribution is -2.40. The molecule has 0 spiro atoms. The number of hydrogen-bond acceptors (Lipinski definition) is 3. The molecule has 110 valence electrons. The van der Waals surface area contributed by atoms with Crippen LogP contribution in [0.2, 0.25) is 0 Å². The lowest BCUT2D eigenvalue weighted by atomic mass is 10.1. The van der Waals surface area contributed by atoms with E-state index in [2.05, 4.69) is 4.72 Å². The van der Waals surface area contributed by atoms with Gasteiger partial charge in [0, 0.05) is 12.1 Å². The number of rotatable bonds is 3. The molecule has 4 nitrogen and oxygen atoms in total. The second kappa shape index (κ2) is 5.26. The van der Waals surface area contributed by atoms with Gasteiger partial charge in [0.15, 0.2) is 0 Å². The van der Waals surface area contributed by atoms with Gasteiger partial charge in [-0.05, 0) is 36.6 Å². The first-order valence-corrected chi connectivity index (χ1v) is 8.38. The van der Waals surface area contributed by atoms with Crippen molar-refractivity contribution >= 4 is 10.0 Å². The molecular weight excluding hydrogens is 284 g/mol. The zero-order chi connectivity index (χ0) is 15.0. The van der Waals surface area contributed by atoms with Crippen LogP contribution in [-0.4, -0.2) is 14.5 Å². The molecule has 3 rings (SSSR count). The molecule has 1 aliphatic carbocycles. The summed E-state index contributed by atoms with van der Waals surface area (Å²) in [6.45, 7) is 1.92. The Hall–Kier alpha value is -1.69. The van der Waals surface area contributed by atoms with Crippen LogP contribution in [0.5, 0.6) is 0 Å². The Kier molecular flexibility index (Phi) is 3.57. The lowest BCUT2D eigenvalue weighted by molar-refractivity contribution is 0.514.